The summed E-state index contributed by atoms with van der Waals surface area (Å²) in [7, 11) is -3.24. The molecule has 2 bridgehead atoms. The summed E-state index contributed by atoms with van der Waals surface area (Å²) in [5.41, 5.74) is 1.88. The van der Waals surface area contributed by atoms with Gasteiger partial charge in [0.1, 0.15) is 11.6 Å². The van der Waals surface area contributed by atoms with E-state index in [-0.39, 0.29) is 22.6 Å². The van der Waals surface area contributed by atoms with Gasteiger partial charge in [-0.2, -0.15) is 9.40 Å². The van der Waals surface area contributed by atoms with Gasteiger partial charge in [0.2, 0.25) is 16.0 Å². The van der Waals surface area contributed by atoms with E-state index < -0.39 is 27.1 Å². The van der Waals surface area contributed by atoms with E-state index in [1.54, 1.807) is 12.3 Å². The quantitative estimate of drug-likeness (QED) is 0.514. The van der Waals surface area contributed by atoms with Crippen molar-refractivity contribution < 1.29 is 17.2 Å². The van der Waals surface area contributed by atoms with Crippen molar-refractivity contribution in [1.29, 1.82) is 0 Å². The van der Waals surface area contributed by atoms with Crippen molar-refractivity contribution in [3.63, 3.8) is 0 Å². The first-order valence-corrected chi connectivity index (χ1v) is 14.2. The first-order valence-electron chi connectivity index (χ1n) is 12.4. The van der Waals surface area contributed by atoms with Gasteiger partial charge in [-0.1, -0.05) is 19.9 Å². The molecule has 0 radical (unpaired) electrons. The fraction of sp³-hybridized carbons (Fsp3) is 0.462. The van der Waals surface area contributed by atoms with E-state index in [9.17, 15) is 17.2 Å². The van der Waals surface area contributed by atoms with Crippen LogP contribution in [0.1, 0.15) is 49.6 Å². The fourth-order valence-electron chi connectivity index (χ4n) is 6.71. The van der Waals surface area contributed by atoms with Crippen molar-refractivity contribution >= 4 is 16.0 Å². The zero-order valence-electron chi connectivity index (χ0n) is 20.9. The highest BCUT2D eigenvalue weighted by atomic mass is 32.2. The number of anilines is 1. The highest BCUT2D eigenvalue weighted by Gasteiger charge is 2.65. The van der Waals surface area contributed by atoms with E-state index >= 15 is 0 Å². The van der Waals surface area contributed by atoms with Crippen molar-refractivity contribution in [2.75, 3.05) is 37.3 Å². The summed E-state index contributed by atoms with van der Waals surface area (Å²) in [6, 6.07) is 7.50. The molecule has 194 valence electrons. The maximum atomic E-state index is 14.5. The SMILES string of the molecule is CC1(C)[C@H]2CC[C@]1(c1ccnc(N3CCN(S(C)(=O)=O)CC3)n1)c1nnc(-c3c(F)cccc3F)cc12. The lowest BCUT2D eigenvalue weighted by atomic mass is 9.66. The second-order valence-corrected chi connectivity index (χ2v) is 12.7. The number of hydrogen-bond acceptors (Lipinski definition) is 7. The van der Waals surface area contributed by atoms with Crippen LogP contribution in [0.3, 0.4) is 0 Å². The minimum absolute atomic E-state index is 0.142. The Morgan fingerprint density at radius 2 is 1.73 bits per heavy atom. The lowest BCUT2D eigenvalue weighted by molar-refractivity contribution is 0.242. The standard InChI is InChI=1S/C26H28F2N6O2S/c1-25(2)17-7-9-26(25,23-16(17)15-20(31-32-23)22-18(27)5-4-6-19(22)28)21-8-10-29-24(30-21)33-11-13-34(14-12-33)37(3,35)36/h4-6,8,10,15,17H,7,9,11-14H2,1-3H3/t17-,26-/m0/s1. The van der Waals surface area contributed by atoms with Crippen LogP contribution in [0.2, 0.25) is 0 Å². The molecule has 8 nitrogen and oxygen atoms in total. The molecule has 37 heavy (non-hydrogen) atoms. The molecule has 2 aromatic heterocycles. The van der Waals surface area contributed by atoms with Crippen LogP contribution in [-0.4, -0.2) is 65.3 Å². The number of fused-ring (bicyclic) bond motifs is 5. The van der Waals surface area contributed by atoms with Crippen LogP contribution in [0, 0.1) is 17.0 Å². The Balaban J connectivity index is 1.40. The number of sulfonamides is 1. The number of hydrogen-bond donors (Lipinski definition) is 0. The largest absolute Gasteiger partial charge is 0.338 e. The van der Waals surface area contributed by atoms with Gasteiger partial charge in [0.25, 0.3) is 0 Å². The number of piperazine rings is 1. The van der Waals surface area contributed by atoms with E-state index in [1.165, 1.54) is 28.8 Å². The topological polar surface area (TPSA) is 92.2 Å². The average molecular weight is 527 g/mol. The van der Waals surface area contributed by atoms with Crippen LogP contribution in [0.15, 0.2) is 36.5 Å². The molecule has 2 fully saturated rings. The van der Waals surface area contributed by atoms with Crippen LogP contribution in [0.25, 0.3) is 11.3 Å². The molecule has 0 unspecified atom stereocenters. The maximum Gasteiger partial charge on any atom is 0.225 e. The van der Waals surface area contributed by atoms with Gasteiger partial charge in [-0.3, -0.25) is 0 Å². The molecule has 0 amide bonds. The van der Waals surface area contributed by atoms with Gasteiger partial charge >= 0.3 is 0 Å². The average Bonchev–Trinajstić information content (AvgIpc) is 3.24. The molecule has 1 aliphatic heterocycles. The Kier molecular flexibility index (Phi) is 5.40. The molecule has 3 heterocycles. The number of nitrogens with zero attached hydrogens (tertiary/aromatic N) is 6. The molecule has 3 aliphatic rings. The van der Waals surface area contributed by atoms with Crippen LogP contribution >= 0.6 is 0 Å². The number of rotatable bonds is 4. The Hall–Kier alpha value is -3.05. The van der Waals surface area contributed by atoms with Crippen molar-refractivity contribution in [3.05, 3.63) is 65.1 Å². The fourth-order valence-corrected chi connectivity index (χ4v) is 7.54. The summed E-state index contributed by atoms with van der Waals surface area (Å²) in [4.78, 5) is 11.5. The summed E-state index contributed by atoms with van der Waals surface area (Å²) in [6.07, 6.45) is 4.70. The van der Waals surface area contributed by atoms with Gasteiger partial charge in [-0.15, -0.1) is 5.10 Å². The summed E-state index contributed by atoms with van der Waals surface area (Å²) in [5, 5.41) is 8.89. The number of aromatic nitrogens is 4. The lowest BCUT2D eigenvalue weighted by Crippen LogP contribution is -2.49. The van der Waals surface area contributed by atoms with Crippen molar-refractivity contribution in [3.8, 4) is 11.3 Å². The molecule has 2 atom stereocenters. The van der Waals surface area contributed by atoms with Crippen LogP contribution in [-0.2, 0) is 15.4 Å². The highest BCUT2D eigenvalue weighted by molar-refractivity contribution is 7.88. The van der Waals surface area contributed by atoms with Gasteiger partial charge < -0.3 is 4.90 Å². The van der Waals surface area contributed by atoms with Crippen LogP contribution in [0.4, 0.5) is 14.7 Å². The summed E-state index contributed by atoms with van der Waals surface area (Å²) < 4.78 is 54.3. The molecular weight excluding hydrogens is 498 g/mol. The summed E-state index contributed by atoms with van der Waals surface area (Å²) >= 11 is 0. The lowest BCUT2D eigenvalue weighted by Gasteiger charge is -2.38. The Labute approximate surface area is 214 Å². The van der Waals surface area contributed by atoms with Crippen molar-refractivity contribution in [2.24, 2.45) is 5.41 Å². The predicted molar refractivity (Wildman–Crippen MR) is 135 cm³/mol. The molecule has 2 aliphatic carbocycles. The minimum atomic E-state index is -3.24. The van der Waals surface area contributed by atoms with Gasteiger partial charge in [-0.25, -0.2) is 27.2 Å². The zero-order valence-corrected chi connectivity index (χ0v) is 21.8. The Morgan fingerprint density at radius 3 is 2.41 bits per heavy atom. The van der Waals surface area contributed by atoms with Crippen molar-refractivity contribution in [1.82, 2.24) is 24.5 Å². The molecule has 6 rings (SSSR count). The zero-order chi connectivity index (χ0) is 26.2. The second kappa shape index (κ2) is 8.22. The normalized spacial score (nSPS) is 24.9. The van der Waals surface area contributed by atoms with Gasteiger partial charge in [0, 0.05) is 32.4 Å². The first kappa shape index (κ1) is 24.3. The third kappa shape index (κ3) is 3.50. The Bertz CT molecular complexity index is 1490. The van der Waals surface area contributed by atoms with E-state index in [0.717, 1.165) is 29.8 Å². The minimum Gasteiger partial charge on any atom is -0.338 e. The summed E-state index contributed by atoms with van der Waals surface area (Å²) in [6.45, 7) is 6.17. The molecule has 1 aromatic carbocycles. The molecule has 0 N–H and O–H groups in total. The second-order valence-electron chi connectivity index (χ2n) is 10.7. The van der Waals surface area contributed by atoms with Crippen LogP contribution in [0.5, 0.6) is 0 Å². The number of benzene rings is 1. The maximum absolute atomic E-state index is 14.5. The number of halogens is 2. The molecule has 0 spiro atoms. The molecular formula is C26H28F2N6O2S. The van der Waals surface area contributed by atoms with E-state index in [1.807, 2.05) is 11.0 Å². The monoisotopic (exact) mass is 526 g/mol. The van der Waals surface area contributed by atoms with Gasteiger partial charge in [-0.05, 0) is 54.0 Å². The summed E-state index contributed by atoms with van der Waals surface area (Å²) in [5.74, 6) is -0.625. The van der Waals surface area contributed by atoms with Gasteiger partial charge in [0.15, 0.2) is 0 Å². The highest BCUT2D eigenvalue weighted by Crippen LogP contribution is 2.69. The first-order chi connectivity index (χ1) is 17.5. The molecule has 1 saturated heterocycles. The Morgan fingerprint density at radius 1 is 1.03 bits per heavy atom. The molecule has 1 saturated carbocycles. The van der Waals surface area contributed by atoms with E-state index in [2.05, 4.69) is 29.0 Å². The smallest absolute Gasteiger partial charge is 0.225 e. The third-order valence-electron chi connectivity index (χ3n) is 8.67. The van der Waals surface area contributed by atoms with Gasteiger partial charge in [0.05, 0.1) is 34.3 Å². The molecule has 3 aromatic rings. The third-order valence-corrected chi connectivity index (χ3v) is 9.97. The van der Waals surface area contributed by atoms with Crippen molar-refractivity contribution in [2.45, 2.75) is 38.0 Å². The van der Waals surface area contributed by atoms with E-state index in [4.69, 9.17) is 4.98 Å². The molecule has 11 heteroatoms. The van der Waals surface area contributed by atoms with Crippen LogP contribution < -0.4 is 4.90 Å². The predicted octanol–water partition coefficient (Wildman–Crippen LogP) is 3.50. The van der Waals surface area contributed by atoms with E-state index in [0.29, 0.717) is 32.1 Å².